The number of carbonyl (C=O) groups is 1. The minimum atomic E-state index is -4.71. The summed E-state index contributed by atoms with van der Waals surface area (Å²) in [7, 11) is 1.55. The van der Waals surface area contributed by atoms with E-state index >= 15 is 0 Å². The van der Waals surface area contributed by atoms with Crippen molar-refractivity contribution in [2.24, 2.45) is 0 Å². The molecule has 12 heteroatoms. The molecule has 4 aromatic rings. The molecule has 0 radical (unpaired) electrons. The number of piperazine rings is 2. The second-order valence-electron chi connectivity index (χ2n) is 11.3. The average Bonchev–Trinajstić information content (AvgIpc) is 3.53. The molecule has 3 heterocycles. The highest BCUT2D eigenvalue weighted by molar-refractivity contribution is 5.73. The molecule has 2 atom stereocenters. The number of methoxy groups -OCH3 is 1. The van der Waals surface area contributed by atoms with Crippen molar-refractivity contribution in [3.8, 4) is 11.4 Å². The molecule has 0 spiro atoms. The van der Waals surface area contributed by atoms with Crippen molar-refractivity contribution in [3.63, 3.8) is 0 Å². The number of carbonyl (C=O) groups excluding carboxylic acids is 1. The van der Waals surface area contributed by atoms with E-state index in [1.54, 1.807) is 26.2 Å². The smallest absolute Gasteiger partial charge is 0.453 e. The summed E-state index contributed by atoms with van der Waals surface area (Å²) >= 11 is 0. The maximum Gasteiger partial charge on any atom is 0.453 e. The summed E-state index contributed by atoms with van der Waals surface area (Å²) in [5.74, 6) is -0.513. The Morgan fingerprint density at radius 3 is 2.25 bits per heavy atom. The molecule has 6 rings (SSSR count). The first-order chi connectivity index (χ1) is 21.2. The normalized spacial score (nSPS) is 19.6. The predicted molar refractivity (Wildman–Crippen MR) is 157 cm³/mol. The zero-order chi connectivity index (χ0) is 30.8. The summed E-state index contributed by atoms with van der Waals surface area (Å²) in [5.41, 5.74) is 3.32. The summed E-state index contributed by atoms with van der Waals surface area (Å²) in [4.78, 5) is 19.2. The second-order valence-corrected chi connectivity index (χ2v) is 11.3. The van der Waals surface area contributed by atoms with E-state index < -0.39 is 12.0 Å². The number of fused-ring (bicyclic) bond motifs is 1. The molecule has 2 aliphatic rings. The van der Waals surface area contributed by atoms with Crippen molar-refractivity contribution in [3.05, 3.63) is 101 Å². The van der Waals surface area contributed by atoms with Gasteiger partial charge < -0.3 is 9.64 Å². The highest BCUT2D eigenvalue weighted by Crippen LogP contribution is 2.37. The molecule has 2 fully saturated rings. The number of halogens is 3. The molecule has 0 bridgehead atoms. The van der Waals surface area contributed by atoms with Crippen molar-refractivity contribution in [1.82, 2.24) is 34.9 Å². The third-order valence-corrected chi connectivity index (χ3v) is 8.64. The van der Waals surface area contributed by atoms with Gasteiger partial charge in [-0.1, -0.05) is 60.7 Å². The van der Waals surface area contributed by atoms with Crippen molar-refractivity contribution in [2.75, 3.05) is 39.8 Å². The zero-order valence-electron chi connectivity index (χ0n) is 24.6. The molecule has 2 saturated heterocycles. The van der Waals surface area contributed by atoms with E-state index in [4.69, 9.17) is 4.74 Å². The number of rotatable bonds is 7. The number of ether oxygens (including phenoxy) is 1. The van der Waals surface area contributed by atoms with E-state index in [0.29, 0.717) is 43.2 Å². The van der Waals surface area contributed by atoms with Crippen LogP contribution < -0.4 is 4.74 Å². The van der Waals surface area contributed by atoms with E-state index in [1.807, 2.05) is 17.0 Å². The lowest BCUT2D eigenvalue weighted by Crippen LogP contribution is -2.67. The highest BCUT2D eigenvalue weighted by atomic mass is 19.4. The number of nitrogens with zero attached hydrogens (tertiary/aromatic N) is 7. The van der Waals surface area contributed by atoms with Crippen LogP contribution in [0, 0.1) is 0 Å². The molecule has 0 unspecified atom stereocenters. The fraction of sp³-hybridized carbons (Fsp3) is 0.375. The van der Waals surface area contributed by atoms with E-state index in [9.17, 15) is 18.0 Å². The van der Waals surface area contributed by atoms with Gasteiger partial charge in [0.2, 0.25) is 5.91 Å². The molecule has 0 aliphatic carbocycles. The summed E-state index contributed by atoms with van der Waals surface area (Å²) < 4.78 is 47.2. The fourth-order valence-electron chi connectivity index (χ4n) is 6.68. The Bertz CT molecular complexity index is 1540. The first kappa shape index (κ1) is 29.8. The van der Waals surface area contributed by atoms with Crippen LogP contribution in [0.1, 0.15) is 35.4 Å². The Kier molecular flexibility index (Phi) is 8.37. The minimum Gasteiger partial charge on any atom is -0.496 e. The van der Waals surface area contributed by atoms with E-state index in [2.05, 4.69) is 73.9 Å². The van der Waals surface area contributed by atoms with Crippen LogP contribution in [0.4, 0.5) is 13.2 Å². The number of alkyl halides is 3. The Morgan fingerprint density at radius 1 is 0.955 bits per heavy atom. The van der Waals surface area contributed by atoms with E-state index in [1.165, 1.54) is 17.2 Å². The van der Waals surface area contributed by atoms with Gasteiger partial charge in [0.25, 0.3) is 5.82 Å². The van der Waals surface area contributed by atoms with Gasteiger partial charge in [-0.05, 0) is 39.8 Å². The average molecular weight is 606 g/mol. The van der Waals surface area contributed by atoms with Gasteiger partial charge in [0.15, 0.2) is 0 Å². The summed E-state index contributed by atoms with van der Waals surface area (Å²) in [6, 6.07) is 25.9. The fourth-order valence-corrected chi connectivity index (χ4v) is 6.68. The van der Waals surface area contributed by atoms with Crippen molar-refractivity contribution < 1.29 is 22.7 Å². The van der Waals surface area contributed by atoms with Crippen LogP contribution in [0.5, 0.6) is 5.75 Å². The van der Waals surface area contributed by atoms with Crippen molar-refractivity contribution in [1.29, 1.82) is 0 Å². The van der Waals surface area contributed by atoms with Gasteiger partial charge >= 0.3 is 6.18 Å². The summed E-state index contributed by atoms with van der Waals surface area (Å²) in [6.07, 6.45) is -4.71. The maximum absolute atomic E-state index is 13.6. The van der Waals surface area contributed by atoms with E-state index in [0.717, 1.165) is 12.1 Å². The number of hydrogen-bond acceptors (Lipinski definition) is 7. The number of hydrogen-bond donors (Lipinski definition) is 0. The first-order valence-corrected chi connectivity index (χ1v) is 14.6. The number of aromatic nitrogens is 4. The molecule has 44 heavy (non-hydrogen) atoms. The number of benzene rings is 3. The van der Waals surface area contributed by atoms with Crippen LogP contribution in [-0.4, -0.2) is 92.7 Å². The molecule has 0 saturated carbocycles. The van der Waals surface area contributed by atoms with Gasteiger partial charge in [0.05, 0.1) is 12.8 Å². The molecule has 2 aliphatic heterocycles. The quantitative estimate of drug-likeness (QED) is 0.312. The Hall–Kier alpha value is -4.29. The number of amides is 1. The minimum absolute atomic E-state index is 0.0530. The van der Waals surface area contributed by atoms with Crippen LogP contribution in [0.3, 0.4) is 0 Å². The van der Waals surface area contributed by atoms with Crippen molar-refractivity contribution >= 4 is 5.91 Å². The Morgan fingerprint density at radius 2 is 1.64 bits per heavy atom. The van der Waals surface area contributed by atoms with Crippen molar-refractivity contribution in [2.45, 2.75) is 37.6 Å². The lowest BCUT2D eigenvalue weighted by molar-refractivity contribution is -0.146. The molecule has 9 nitrogen and oxygen atoms in total. The van der Waals surface area contributed by atoms with Gasteiger partial charge in [0.1, 0.15) is 5.75 Å². The second kappa shape index (κ2) is 12.4. The highest BCUT2D eigenvalue weighted by Gasteiger charge is 2.43. The van der Waals surface area contributed by atoms with Crippen LogP contribution in [0.2, 0.25) is 0 Å². The molecule has 1 aromatic heterocycles. The van der Waals surface area contributed by atoms with Gasteiger partial charge in [0, 0.05) is 69.8 Å². The van der Waals surface area contributed by atoms with Gasteiger partial charge in [-0.3, -0.25) is 14.6 Å². The van der Waals surface area contributed by atoms with Crippen LogP contribution in [0.25, 0.3) is 5.69 Å². The van der Waals surface area contributed by atoms with Gasteiger partial charge in [-0.25, -0.2) is 0 Å². The third-order valence-electron chi connectivity index (χ3n) is 8.64. The Balaban J connectivity index is 1.37. The van der Waals surface area contributed by atoms with Crippen LogP contribution in [-0.2, 0) is 17.5 Å². The standard InChI is InChI=1S/C32H34F3N7O2/c1-22(43)40-15-16-41-27(20-40)19-39(21-28(41)30(23-9-5-3-6-10-23)24-11-7-4-8-12-24)18-25-17-26(13-14-29(25)44-2)42-31(32(33,34)35)36-37-38-42/h3-14,17,27-28,30H,15-16,18-21H2,1-2H3/t27-,28-/m0/s1. The molecular formula is C32H34F3N7O2. The first-order valence-electron chi connectivity index (χ1n) is 14.6. The maximum atomic E-state index is 13.6. The lowest BCUT2D eigenvalue weighted by atomic mass is 9.81. The lowest BCUT2D eigenvalue weighted by Gasteiger charge is -2.53. The molecular weight excluding hydrogens is 571 g/mol. The zero-order valence-corrected chi connectivity index (χ0v) is 24.6. The van der Waals surface area contributed by atoms with Gasteiger partial charge in [-0.2, -0.15) is 17.9 Å². The molecule has 230 valence electrons. The molecule has 0 N–H and O–H groups in total. The third kappa shape index (κ3) is 6.04. The monoisotopic (exact) mass is 605 g/mol. The van der Waals surface area contributed by atoms with E-state index in [-0.39, 0.29) is 29.6 Å². The SMILES string of the molecule is COc1ccc(-n2nnnc2C(F)(F)F)cc1CN1C[C@H]2CN(C(C)=O)CCN2[C@H](C(c2ccccc2)c2ccccc2)C1. The molecule has 1 amide bonds. The number of tetrazole rings is 1. The summed E-state index contributed by atoms with van der Waals surface area (Å²) in [5, 5.41) is 10.1. The van der Waals surface area contributed by atoms with Gasteiger partial charge in [-0.15, -0.1) is 5.10 Å². The summed E-state index contributed by atoms with van der Waals surface area (Å²) in [6.45, 7) is 5.46. The Labute approximate surface area is 253 Å². The topological polar surface area (TPSA) is 79.6 Å². The predicted octanol–water partition coefficient (Wildman–Crippen LogP) is 4.24. The van der Waals surface area contributed by atoms with Crippen LogP contribution >= 0.6 is 0 Å². The molecule has 3 aromatic carbocycles. The van der Waals surface area contributed by atoms with Crippen LogP contribution in [0.15, 0.2) is 78.9 Å². The largest absolute Gasteiger partial charge is 0.496 e.